The molecule has 1 unspecified atom stereocenters. The summed E-state index contributed by atoms with van der Waals surface area (Å²) in [7, 11) is 1.59. The van der Waals surface area contributed by atoms with E-state index in [0.717, 1.165) is 18.5 Å². The lowest BCUT2D eigenvalue weighted by Crippen LogP contribution is -2.41. The molecule has 2 heterocycles. The van der Waals surface area contributed by atoms with Crippen molar-refractivity contribution in [2.75, 3.05) is 13.7 Å². The molecule has 5 heteroatoms. The zero-order valence-corrected chi connectivity index (χ0v) is 11.7. The summed E-state index contributed by atoms with van der Waals surface area (Å²) in [5.41, 5.74) is 1.03. The maximum absolute atomic E-state index is 12.2. The molecule has 1 aromatic rings. The molecule has 1 aliphatic rings. The SMILES string of the molecule is COc1ccc(CN2CCC(NC(C)C)C2=O)cn1. The Kier molecular flexibility index (Phi) is 4.37. The lowest BCUT2D eigenvalue weighted by Gasteiger charge is -2.18. The van der Waals surface area contributed by atoms with E-state index in [-0.39, 0.29) is 11.9 Å². The number of nitrogens with one attached hydrogen (secondary N) is 1. The minimum Gasteiger partial charge on any atom is -0.481 e. The molecule has 1 amide bonds. The molecule has 0 bridgehead atoms. The number of aromatic nitrogens is 1. The first kappa shape index (κ1) is 13.8. The average Bonchev–Trinajstić information content (AvgIpc) is 2.72. The van der Waals surface area contributed by atoms with E-state index in [1.54, 1.807) is 13.3 Å². The number of carbonyl (C=O) groups is 1. The Labute approximate surface area is 114 Å². The summed E-state index contributed by atoms with van der Waals surface area (Å²) in [6.07, 6.45) is 2.63. The van der Waals surface area contributed by atoms with E-state index in [0.29, 0.717) is 18.5 Å². The second-order valence-corrected chi connectivity index (χ2v) is 5.13. The highest BCUT2D eigenvalue weighted by Crippen LogP contribution is 2.16. The van der Waals surface area contributed by atoms with Crippen LogP contribution in [0.5, 0.6) is 5.88 Å². The Morgan fingerprint density at radius 1 is 1.53 bits per heavy atom. The van der Waals surface area contributed by atoms with Crippen molar-refractivity contribution in [3.05, 3.63) is 23.9 Å². The molecule has 1 fully saturated rings. The largest absolute Gasteiger partial charge is 0.481 e. The van der Waals surface area contributed by atoms with Crippen molar-refractivity contribution in [1.82, 2.24) is 15.2 Å². The molecule has 5 nitrogen and oxygen atoms in total. The zero-order valence-electron chi connectivity index (χ0n) is 11.7. The smallest absolute Gasteiger partial charge is 0.240 e. The van der Waals surface area contributed by atoms with Crippen LogP contribution in [0.25, 0.3) is 0 Å². The molecule has 1 atom stereocenters. The lowest BCUT2D eigenvalue weighted by atomic mass is 10.2. The second kappa shape index (κ2) is 6.02. The predicted molar refractivity (Wildman–Crippen MR) is 72.9 cm³/mol. The van der Waals surface area contributed by atoms with Crippen molar-refractivity contribution in [3.8, 4) is 5.88 Å². The van der Waals surface area contributed by atoms with Crippen LogP contribution < -0.4 is 10.1 Å². The van der Waals surface area contributed by atoms with Gasteiger partial charge in [0.05, 0.1) is 13.2 Å². The molecule has 0 radical (unpaired) electrons. The number of pyridine rings is 1. The molecule has 0 aromatic carbocycles. The normalized spacial score (nSPS) is 19.3. The van der Waals surface area contributed by atoms with Gasteiger partial charge in [-0.1, -0.05) is 19.9 Å². The highest BCUT2D eigenvalue weighted by Gasteiger charge is 2.31. The van der Waals surface area contributed by atoms with Gasteiger partial charge >= 0.3 is 0 Å². The summed E-state index contributed by atoms with van der Waals surface area (Å²) in [4.78, 5) is 18.2. The van der Waals surface area contributed by atoms with Crippen molar-refractivity contribution < 1.29 is 9.53 Å². The van der Waals surface area contributed by atoms with Crippen LogP contribution in [-0.4, -0.2) is 41.5 Å². The van der Waals surface area contributed by atoms with Crippen LogP contribution in [0, 0.1) is 0 Å². The number of carbonyl (C=O) groups excluding carboxylic acids is 1. The highest BCUT2D eigenvalue weighted by molar-refractivity contribution is 5.84. The zero-order chi connectivity index (χ0) is 13.8. The summed E-state index contributed by atoms with van der Waals surface area (Å²) in [5.74, 6) is 0.778. The van der Waals surface area contributed by atoms with E-state index in [1.807, 2.05) is 17.0 Å². The molecular weight excluding hydrogens is 242 g/mol. The monoisotopic (exact) mass is 263 g/mol. The summed E-state index contributed by atoms with van der Waals surface area (Å²) in [6, 6.07) is 4.06. The van der Waals surface area contributed by atoms with Crippen molar-refractivity contribution >= 4 is 5.91 Å². The van der Waals surface area contributed by atoms with Gasteiger partial charge in [-0.05, 0) is 12.0 Å². The van der Waals surface area contributed by atoms with Crippen LogP contribution in [0.2, 0.25) is 0 Å². The maximum Gasteiger partial charge on any atom is 0.240 e. The number of amides is 1. The molecular formula is C14H21N3O2. The van der Waals surface area contributed by atoms with Gasteiger partial charge in [-0.15, -0.1) is 0 Å². The fourth-order valence-corrected chi connectivity index (χ4v) is 2.30. The maximum atomic E-state index is 12.2. The van der Waals surface area contributed by atoms with E-state index in [9.17, 15) is 4.79 Å². The van der Waals surface area contributed by atoms with Crippen LogP contribution in [0.3, 0.4) is 0 Å². The number of hydrogen-bond donors (Lipinski definition) is 1. The van der Waals surface area contributed by atoms with Crippen LogP contribution in [0.15, 0.2) is 18.3 Å². The van der Waals surface area contributed by atoms with Crippen LogP contribution in [0.4, 0.5) is 0 Å². The molecule has 1 aliphatic heterocycles. The van der Waals surface area contributed by atoms with Gasteiger partial charge in [0.1, 0.15) is 0 Å². The van der Waals surface area contributed by atoms with Crippen LogP contribution >= 0.6 is 0 Å². The third kappa shape index (κ3) is 3.44. The fraction of sp³-hybridized carbons (Fsp3) is 0.571. The molecule has 19 heavy (non-hydrogen) atoms. The van der Waals surface area contributed by atoms with Gasteiger partial charge < -0.3 is 15.0 Å². The predicted octanol–water partition coefficient (Wildman–Crippen LogP) is 1.19. The quantitative estimate of drug-likeness (QED) is 0.867. The Balaban J connectivity index is 1.94. The summed E-state index contributed by atoms with van der Waals surface area (Å²) >= 11 is 0. The average molecular weight is 263 g/mol. The standard InChI is InChI=1S/C14H21N3O2/c1-10(2)16-12-6-7-17(14(12)18)9-11-4-5-13(19-3)15-8-11/h4-5,8,10,12,16H,6-7,9H2,1-3H3. The van der Waals surface area contributed by atoms with E-state index in [4.69, 9.17) is 4.74 Å². The first-order chi connectivity index (χ1) is 9.10. The molecule has 2 rings (SSSR count). The molecule has 0 aliphatic carbocycles. The minimum atomic E-state index is -0.0359. The number of rotatable bonds is 5. The van der Waals surface area contributed by atoms with Crippen molar-refractivity contribution in [2.45, 2.75) is 38.9 Å². The minimum absolute atomic E-state index is 0.0359. The van der Waals surface area contributed by atoms with Gasteiger partial charge in [0, 0.05) is 31.4 Å². The van der Waals surface area contributed by atoms with Crippen molar-refractivity contribution in [1.29, 1.82) is 0 Å². The Bertz CT molecular complexity index is 431. The van der Waals surface area contributed by atoms with Gasteiger partial charge in [0.25, 0.3) is 0 Å². The third-order valence-corrected chi connectivity index (χ3v) is 3.21. The summed E-state index contributed by atoms with van der Waals surface area (Å²) < 4.78 is 5.02. The Morgan fingerprint density at radius 3 is 2.89 bits per heavy atom. The molecule has 104 valence electrons. The van der Waals surface area contributed by atoms with Gasteiger partial charge in [0.2, 0.25) is 11.8 Å². The molecule has 0 saturated carbocycles. The Hall–Kier alpha value is -1.62. The Morgan fingerprint density at radius 2 is 2.32 bits per heavy atom. The molecule has 1 N–H and O–H groups in total. The van der Waals surface area contributed by atoms with Gasteiger partial charge in [-0.2, -0.15) is 0 Å². The van der Waals surface area contributed by atoms with Crippen LogP contribution in [-0.2, 0) is 11.3 Å². The van der Waals surface area contributed by atoms with Crippen LogP contribution in [0.1, 0.15) is 25.8 Å². The van der Waals surface area contributed by atoms with Gasteiger partial charge in [-0.25, -0.2) is 4.98 Å². The molecule has 1 saturated heterocycles. The molecule has 1 aromatic heterocycles. The lowest BCUT2D eigenvalue weighted by molar-refractivity contribution is -0.130. The summed E-state index contributed by atoms with van der Waals surface area (Å²) in [5, 5.41) is 3.30. The number of methoxy groups -OCH3 is 1. The van der Waals surface area contributed by atoms with E-state index < -0.39 is 0 Å². The number of likely N-dealkylation sites (tertiary alicyclic amines) is 1. The van der Waals surface area contributed by atoms with Crippen molar-refractivity contribution in [2.24, 2.45) is 0 Å². The topological polar surface area (TPSA) is 54.5 Å². The van der Waals surface area contributed by atoms with Crippen molar-refractivity contribution in [3.63, 3.8) is 0 Å². The van der Waals surface area contributed by atoms with E-state index >= 15 is 0 Å². The number of ether oxygens (including phenoxy) is 1. The molecule has 0 spiro atoms. The first-order valence-electron chi connectivity index (χ1n) is 6.64. The number of nitrogens with zero attached hydrogens (tertiary/aromatic N) is 2. The fourth-order valence-electron chi connectivity index (χ4n) is 2.30. The highest BCUT2D eigenvalue weighted by atomic mass is 16.5. The third-order valence-electron chi connectivity index (χ3n) is 3.21. The summed E-state index contributed by atoms with van der Waals surface area (Å²) in [6.45, 7) is 5.54. The first-order valence-corrected chi connectivity index (χ1v) is 6.64. The second-order valence-electron chi connectivity index (χ2n) is 5.13. The van der Waals surface area contributed by atoms with E-state index in [2.05, 4.69) is 24.1 Å². The van der Waals surface area contributed by atoms with Gasteiger partial charge in [0.15, 0.2) is 0 Å². The number of hydrogen-bond acceptors (Lipinski definition) is 4. The van der Waals surface area contributed by atoms with E-state index in [1.165, 1.54) is 0 Å². The van der Waals surface area contributed by atoms with Gasteiger partial charge in [-0.3, -0.25) is 4.79 Å².